The molecule has 0 spiro atoms. The summed E-state index contributed by atoms with van der Waals surface area (Å²) < 4.78 is 4.64. The molecule has 0 bridgehead atoms. The molecule has 1 N–H and O–H groups in total. The summed E-state index contributed by atoms with van der Waals surface area (Å²) in [7, 11) is 1.30. The number of esters is 1. The number of rotatable bonds is 3. The highest BCUT2D eigenvalue weighted by Crippen LogP contribution is 2.19. The van der Waals surface area contributed by atoms with Crippen LogP contribution in [0.4, 0.5) is 0 Å². The Balaban J connectivity index is 2.44. The molecule has 2 rings (SSSR count). The lowest BCUT2D eigenvalue weighted by molar-refractivity contribution is 0.0600. The second-order valence-corrected chi connectivity index (χ2v) is 3.81. The molecule has 96 valence electrons. The number of carboxylic acid groups (broad SMARTS) is 1. The molecule has 1 aromatic carbocycles. The number of aromatic carboxylic acids is 1. The van der Waals surface area contributed by atoms with Gasteiger partial charge in [-0.2, -0.15) is 0 Å². The van der Waals surface area contributed by atoms with Crippen molar-refractivity contribution in [1.29, 1.82) is 0 Å². The largest absolute Gasteiger partial charge is 0.478 e. The number of hydrogen-bond donors (Lipinski definition) is 1. The third-order valence-corrected chi connectivity index (χ3v) is 2.59. The number of methoxy groups -OCH3 is 1. The minimum Gasteiger partial charge on any atom is -0.478 e. The molecule has 5 nitrogen and oxygen atoms in total. The highest BCUT2D eigenvalue weighted by Gasteiger charge is 2.09. The van der Waals surface area contributed by atoms with Gasteiger partial charge in [-0.15, -0.1) is 0 Å². The zero-order valence-electron chi connectivity index (χ0n) is 10.2. The molecule has 0 unspecified atom stereocenters. The molecular weight excluding hydrogens is 246 g/mol. The first-order chi connectivity index (χ1) is 9.11. The topological polar surface area (TPSA) is 76.5 Å². The predicted molar refractivity (Wildman–Crippen MR) is 68.0 cm³/mol. The fourth-order valence-corrected chi connectivity index (χ4v) is 1.64. The summed E-state index contributed by atoms with van der Waals surface area (Å²) in [5.41, 5.74) is 1.69. The van der Waals surface area contributed by atoms with E-state index >= 15 is 0 Å². The van der Waals surface area contributed by atoms with Crippen LogP contribution >= 0.6 is 0 Å². The molecule has 1 aromatic heterocycles. The fraction of sp³-hybridized carbons (Fsp3) is 0.0714. The summed E-state index contributed by atoms with van der Waals surface area (Å²) in [6.07, 6.45) is 1.42. The summed E-state index contributed by atoms with van der Waals surface area (Å²) in [6, 6.07) is 9.54. The Morgan fingerprint density at radius 1 is 1.16 bits per heavy atom. The Kier molecular flexibility index (Phi) is 3.56. The lowest BCUT2D eigenvalue weighted by atomic mass is 10.1. The van der Waals surface area contributed by atoms with Gasteiger partial charge in [0.25, 0.3) is 0 Å². The van der Waals surface area contributed by atoms with E-state index in [4.69, 9.17) is 5.11 Å². The highest BCUT2D eigenvalue weighted by molar-refractivity contribution is 5.91. The first-order valence-corrected chi connectivity index (χ1v) is 5.50. The first-order valence-electron chi connectivity index (χ1n) is 5.50. The van der Waals surface area contributed by atoms with Crippen LogP contribution in [-0.4, -0.2) is 29.1 Å². The summed E-state index contributed by atoms with van der Waals surface area (Å²) in [6.45, 7) is 0. The number of hydrogen-bond acceptors (Lipinski definition) is 4. The van der Waals surface area contributed by atoms with Crippen molar-refractivity contribution >= 4 is 11.9 Å². The number of carbonyl (C=O) groups is 2. The molecule has 0 atom stereocenters. The van der Waals surface area contributed by atoms with Crippen molar-refractivity contribution in [2.45, 2.75) is 0 Å². The summed E-state index contributed by atoms with van der Waals surface area (Å²) in [4.78, 5) is 26.4. The monoisotopic (exact) mass is 257 g/mol. The van der Waals surface area contributed by atoms with E-state index in [1.165, 1.54) is 25.4 Å². The van der Waals surface area contributed by atoms with Crippen molar-refractivity contribution < 1.29 is 19.4 Å². The van der Waals surface area contributed by atoms with E-state index in [1.807, 2.05) is 0 Å². The van der Waals surface area contributed by atoms with Gasteiger partial charge in [0.2, 0.25) is 0 Å². The maximum atomic E-state index is 11.4. The van der Waals surface area contributed by atoms with Gasteiger partial charge in [0, 0.05) is 11.8 Å². The number of aromatic nitrogens is 1. The molecule has 0 fully saturated rings. The lowest BCUT2D eigenvalue weighted by Gasteiger charge is -2.04. The molecule has 0 radical (unpaired) electrons. The van der Waals surface area contributed by atoms with Gasteiger partial charge < -0.3 is 9.84 Å². The third kappa shape index (κ3) is 2.77. The number of nitrogens with zero attached hydrogens (tertiary/aromatic N) is 1. The van der Waals surface area contributed by atoms with Gasteiger partial charge in [-0.05, 0) is 24.3 Å². The number of ether oxygens (including phenoxy) is 1. The Labute approximate surface area is 109 Å². The average Bonchev–Trinajstić information content (AvgIpc) is 2.46. The van der Waals surface area contributed by atoms with E-state index in [0.29, 0.717) is 16.8 Å². The molecular formula is C14H11NO4. The number of carbonyl (C=O) groups excluding carboxylic acids is 1. The Morgan fingerprint density at radius 3 is 2.63 bits per heavy atom. The molecule has 0 aliphatic heterocycles. The lowest BCUT2D eigenvalue weighted by Crippen LogP contribution is -2.01. The maximum absolute atomic E-state index is 11.4. The van der Waals surface area contributed by atoms with Gasteiger partial charge in [0.1, 0.15) is 0 Å². The van der Waals surface area contributed by atoms with E-state index in [9.17, 15) is 9.59 Å². The van der Waals surface area contributed by atoms with Crippen LogP contribution in [0.1, 0.15) is 20.7 Å². The minimum atomic E-state index is -1.02. The molecule has 0 saturated carbocycles. The molecule has 0 amide bonds. The standard InChI is InChI=1S/C14H11NO4/c1-19-14(18)11-4-2-3-9(7-11)12-8-10(13(16)17)5-6-15-12/h2-8H,1H3,(H,16,17). The Morgan fingerprint density at radius 2 is 1.95 bits per heavy atom. The molecule has 0 aliphatic rings. The van der Waals surface area contributed by atoms with Crippen LogP contribution in [0.2, 0.25) is 0 Å². The van der Waals surface area contributed by atoms with Crippen LogP contribution in [0, 0.1) is 0 Å². The van der Waals surface area contributed by atoms with Crippen LogP contribution in [-0.2, 0) is 4.74 Å². The number of benzene rings is 1. The molecule has 0 saturated heterocycles. The van der Waals surface area contributed by atoms with E-state index in [-0.39, 0.29) is 5.56 Å². The zero-order chi connectivity index (χ0) is 13.8. The summed E-state index contributed by atoms with van der Waals surface area (Å²) in [5.74, 6) is -1.47. The minimum absolute atomic E-state index is 0.147. The van der Waals surface area contributed by atoms with Crippen molar-refractivity contribution in [1.82, 2.24) is 4.98 Å². The third-order valence-electron chi connectivity index (χ3n) is 2.59. The van der Waals surface area contributed by atoms with E-state index in [1.54, 1.807) is 24.3 Å². The molecule has 2 aromatic rings. The smallest absolute Gasteiger partial charge is 0.337 e. The molecule has 0 aliphatic carbocycles. The highest BCUT2D eigenvalue weighted by atomic mass is 16.5. The summed E-state index contributed by atoms with van der Waals surface area (Å²) >= 11 is 0. The van der Waals surface area contributed by atoms with Gasteiger partial charge in [0.15, 0.2) is 0 Å². The van der Waals surface area contributed by atoms with Crippen LogP contribution in [0.15, 0.2) is 42.6 Å². The SMILES string of the molecule is COC(=O)c1cccc(-c2cc(C(=O)O)ccn2)c1. The molecule has 1 heterocycles. The van der Waals surface area contributed by atoms with Gasteiger partial charge >= 0.3 is 11.9 Å². The van der Waals surface area contributed by atoms with Crippen molar-refractivity contribution in [3.05, 3.63) is 53.7 Å². The zero-order valence-corrected chi connectivity index (χ0v) is 10.2. The van der Waals surface area contributed by atoms with E-state index in [0.717, 1.165) is 0 Å². The number of carboxylic acids is 1. The second-order valence-electron chi connectivity index (χ2n) is 3.81. The van der Waals surface area contributed by atoms with Crippen molar-refractivity contribution in [2.24, 2.45) is 0 Å². The van der Waals surface area contributed by atoms with Gasteiger partial charge in [-0.25, -0.2) is 9.59 Å². The van der Waals surface area contributed by atoms with Gasteiger partial charge in [-0.3, -0.25) is 4.98 Å². The van der Waals surface area contributed by atoms with Crippen LogP contribution < -0.4 is 0 Å². The summed E-state index contributed by atoms with van der Waals surface area (Å²) in [5, 5.41) is 8.94. The van der Waals surface area contributed by atoms with E-state index < -0.39 is 11.9 Å². The maximum Gasteiger partial charge on any atom is 0.337 e. The molecule has 5 heteroatoms. The second kappa shape index (κ2) is 5.30. The fourth-order valence-electron chi connectivity index (χ4n) is 1.64. The van der Waals surface area contributed by atoms with Crippen molar-refractivity contribution in [3.63, 3.8) is 0 Å². The van der Waals surface area contributed by atoms with Crippen LogP contribution in [0.25, 0.3) is 11.3 Å². The average molecular weight is 257 g/mol. The number of pyridine rings is 1. The Hall–Kier alpha value is -2.69. The quantitative estimate of drug-likeness (QED) is 0.853. The van der Waals surface area contributed by atoms with E-state index in [2.05, 4.69) is 9.72 Å². The predicted octanol–water partition coefficient (Wildman–Crippen LogP) is 2.23. The van der Waals surface area contributed by atoms with Crippen molar-refractivity contribution in [2.75, 3.05) is 7.11 Å². The van der Waals surface area contributed by atoms with Crippen LogP contribution in [0.5, 0.6) is 0 Å². The van der Waals surface area contributed by atoms with Crippen molar-refractivity contribution in [3.8, 4) is 11.3 Å². The van der Waals surface area contributed by atoms with Gasteiger partial charge in [0.05, 0.1) is 23.9 Å². The van der Waals surface area contributed by atoms with Gasteiger partial charge in [-0.1, -0.05) is 12.1 Å². The first kappa shape index (κ1) is 12.8. The normalized spacial score (nSPS) is 9.95. The molecule has 19 heavy (non-hydrogen) atoms. The Bertz CT molecular complexity index is 637. The van der Waals surface area contributed by atoms with Crippen LogP contribution in [0.3, 0.4) is 0 Å².